The molecule has 2 atom stereocenters. The second-order valence-corrected chi connectivity index (χ2v) is 8.33. The van der Waals surface area contributed by atoms with Crippen LogP contribution in [0, 0.1) is 0 Å². The number of alkyl halides is 1. The van der Waals surface area contributed by atoms with Gasteiger partial charge in [0.25, 0.3) is 0 Å². The molecule has 8 heteroatoms. The minimum atomic E-state index is -2.99. The first-order valence-electron chi connectivity index (χ1n) is 6.25. The van der Waals surface area contributed by atoms with Crippen molar-refractivity contribution in [3.05, 3.63) is 23.1 Å². The van der Waals surface area contributed by atoms with Gasteiger partial charge in [-0.1, -0.05) is 11.6 Å². The number of hydrogen-bond acceptors (Lipinski definition) is 4. The molecule has 3 rings (SSSR count). The molecule has 20 heavy (non-hydrogen) atoms. The Kier molecular flexibility index (Phi) is 3.43. The third kappa shape index (κ3) is 2.40. The Morgan fingerprint density at radius 3 is 2.85 bits per heavy atom. The third-order valence-electron chi connectivity index (χ3n) is 3.45. The van der Waals surface area contributed by atoms with E-state index in [0.717, 1.165) is 0 Å². The summed E-state index contributed by atoms with van der Waals surface area (Å²) >= 11 is 12.1. The number of aromatic nitrogens is 3. The summed E-state index contributed by atoms with van der Waals surface area (Å²) < 4.78 is 25.3. The summed E-state index contributed by atoms with van der Waals surface area (Å²) in [4.78, 5) is 8.75. The third-order valence-corrected chi connectivity index (χ3v) is 5.61. The molecule has 0 bridgehead atoms. The van der Waals surface area contributed by atoms with Gasteiger partial charge in [-0.05, 0) is 19.4 Å². The predicted octanol–water partition coefficient (Wildman–Crippen LogP) is 2.74. The molecule has 0 aliphatic carbocycles. The minimum absolute atomic E-state index is 0.110. The minimum Gasteiger partial charge on any atom is -0.307 e. The van der Waals surface area contributed by atoms with Crippen molar-refractivity contribution in [1.29, 1.82) is 0 Å². The van der Waals surface area contributed by atoms with Crippen molar-refractivity contribution < 1.29 is 8.42 Å². The van der Waals surface area contributed by atoms with Crippen LogP contribution in [0.25, 0.3) is 11.2 Å². The van der Waals surface area contributed by atoms with Crippen LogP contribution in [-0.2, 0) is 9.84 Å². The fraction of sp³-hybridized carbons (Fsp3) is 0.500. The normalized spacial score (nSPS) is 23.2. The van der Waals surface area contributed by atoms with Crippen molar-refractivity contribution in [2.75, 3.05) is 11.5 Å². The van der Waals surface area contributed by atoms with E-state index in [4.69, 9.17) is 23.2 Å². The predicted molar refractivity (Wildman–Crippen MR) is 79.1 cm³/mol. The zero-order valence-corrected chi connectivity index (χ0v) is 13.1. The number of hydrogen-bond donors (Lipinski definition) is 0. The molecule has 0 radical (unpaired) electrons. The van der Waals surface area contributed by atoms with Gasteiger partial charge < -0.3 is 4.57 Å². The summed E-state index contributed by atoms with van der Waals surface area (Å²) in [5, 5.41) is 0.168. The van der Waals surface area contributed by atoms with Gasteiger partial charge in [0, 0.05) is 6.20 Å². The van der Waals surface area contributed by atoms with E-state index in [9.17, 15) is 8.42 Å². The summed E-state index contributed by atoms with van der Waals surface area (Å²) in [5.74, 6) is 0.943. The van der Waals surface area contributed by atoms with Crippen LogP contribution in [-0.4, -0.2) is 34.5 Å². The molecule has 3 heterocycles. The molecule has 0 amide bonds. The topological polar surface area (TPSA) is 64.8 Å². The van der Waals surface area contributed by atoms with Crippen LogP contribution in [0.1, 0.15) is 30.6 Å². The van der Waals surface area contributed by atoms with Crippen LogP contribution in [0.4, 0.5) is 0 Å². The molecule has 1 aliphatic rings. The van der Waals surface area contributed by atoms with Crippen molar-refractivity contribution in [2.24, 2.45) is 0 Å². The van der Waals surface area contributed by atoms with Gasteiger partial charge >= 0.3 is 0 Å². The first kappa shape index (κ1) is 14.1. The first-order valence-corrected chi connectivity index (χ1v) is 8.89. The number of pyridine rings is 1. The van der Waals surface area contributed by atoms with Crippen LogP contribution in [0.3, 0.4) is 0 Å². The van der Waals surface area contributed by atoms with E-state index in [1.54, 1.807) is 6.07 Å². The summed E-state index contributed by atoms with van der Waals surface area (Å²) in [6, 6.07) is 1.56. The van der Waals surface area contributed by atoms with Crippen LogP contribution in [0.2, 0.25) is 5.02 Å². The van der Waals surface area contributed by atoms with Crippen molar-refractivity contribution in [1.82, 2.24) is 14.5 Å². The number of sulfone groups is 1. The Bertz CT molecular complexity index is 770. The fourth-order valence-electron chi connectivity index (χ4n) is 2.59. The highest BCUT2D eigenvalue weighted by Crippen LogP contribution is 2.33. The SMILES string of the molecule is CC(Cl)c1nc2cc(Cl)cnc2n1C1CCS(=O)(=O)C1. The Labute approximate surface area is 126 Å². The molecule has 1 aliphatic heterocycles. The first-order chi connectivity index (χ1) is 9.37. The highest BCUT2D eigenvalue weighted by Gasteiger charge is 2.32. The maximum Gasteiger partial charge on any atom is 0.160 e. The quantitative estimate of drug-likeness (QED) is 0.792. The standard InChI is InChI=1S/C12H13Cl2N3O2S/c1-7(13)11-16-10-4-8(14)5-15-12(10)17(11)9-2-3-20(18,19)6-9/h4-5,7,9H,2-3,6H2,1H3. The lowest BCUT2D eigenvalue weighted by Gasteiger charge is -2.15. The van der Waals surface area contributed by atoms with E-state index < -0.39 is 9.84 Å². The lowest BCUT2D eigenvalue weighted by molar-refractivity contribution is 0.542. The monoisotopic (exact) mass is 333 g/mol. The summed E-state index contributed by atoms with van der Waals surface area (Å²) in [5.41, 5.74) is 1.28. The fourth-order valence-corrected chi connectivity index (χ4v) is 4.60. The number of halogens is 2. The van der Waals surface area contributed by atoms with Crippen LogP contribution < -0.4 is 0 Å². The van der Waals surface area contributed by atoms with Crippen molar-refractivity contribution in [3.63, 3.8) is 0 Å². The number of fused-ring (bicyclic) bond motifs is 1. The molecule has 0 spiro atoms. The molecular formula is C12H13Cl2N3O2S. The molecule has 0 aromatic carbocycles. The number of imidazole rings is 1. The Hall–Kier alpha value is -0.850. The van der Waals surface area contributed by atoms with E-state index in [0.29, 0.717) is 28.4 Å². The van der Waals surface area contributed by atoms with Gasteiger partial charge in [0.2, 0.25) is 0 Å². The van der Waals surface area contributed by atoms with Crippen LogP contribution in [0.15, 0.2) is 12.3 Å². The van der Waals surface area contributed by atoms with Gasteiger partial charge in [-0.15, -0.1) is 11.6 Å². The smallest absolute Gasteiger partial charge is 0.160 e. The molecular weight excluding hydrogens is 321 g/mol. The lowest BCUT2D eigenvalue weighted by atomic mass is 10.2. The van der Waals surface area contributed by atoms with Gasteiger partial charge in [-0.2, -0.15) is 0 Å². The van der Waals surface area contributed by atoms with Crippen molar-refractivity contribution in [3.8, 4) is 0 Å². The van der Waals surface area contributed by atoms with E-state index in [2.05, 4.69) is 9.97 Å². The lowest BCUT2D eigenvalue weighted by Crippen LogP contribution is -2.14. The largest absolute Gasteiger partial charge is 0.307 e. The zero-order chi connectivity index (χ0) is 14.5. The number of nitrogens with zero attached hydrogens (tertiary/aromatic N) is 3. The van der Waals surface area contributed by atoms with Gasteiger partial charge in [-0.3, -0.25) is 0 Å². The van der Waals surface area contributed by atoms with E-state index in [1.807, 2.05) is 11.5 Å². The average Bonchev–Trinajstić information content (AvgIpc) is 2.88. The molecule has 2 aromatic rings. The summed E-state index contributed by atoms with van der Waals surface area (Å²) in [6.07, 6.45) is 2.10. The summed E-state index contributed by atoms with van der Waals surface area (Å²) in [6.45, 7) is 1.81. The average molecular weight is 334 g/mol. The zero-order valence-electron chi connectivity index (χ0n) is 10.8. The van der Waals surface area contributed by atoms with E-state index >= 15 is 0 Å². The molecule has 0 saturated carbocycles. The molecule has 0 N–H and O–H groups in total. The molecule has 2 aromatic heterocycles. The highest BCUT2D eigenvalue weighted by molar-refractivity contribution is 7.91. The Morgan fingerprint density at radius 1 is 1.50 bits per heavy atom. The molecule has 5 nitrogen and oxygen atoms in total. The van der Waals surface area contributed by atoms with E-state index in [-0.39, 0.29) is 22.9 Å². The van der Waals surface area contributed by atoms with Gasteiger partial charge in [0.05, 0.1) is 27.9 Å². The highest BCUT2D eigenvalue weighted by atomic mass is 35.5. The van der Waals surface area contributed by atoms with Crippen molar-refractivity contribution >= 4 is 44.2 Å². The van der Waals surface area contributed by atoms with E-state index in [1.165, 1.54) is 6.20 Å². The number of rotatable bonds is 2. The molecule has 108 valence electrons. The maximum atomic E-state index is 11.7. The van der Waals surface area contributed by atoms with Crippen LogP contribution >= 0.6 is 23.2 Å². The van der Waals surface area contributed by atoms with Crippen LogP contribution in [0.5, 0.6) is 0 Å². The molecule has 1 saturated heterocycles. The molecule has 2 unspecified atom stereocenters. The Morgan fingerprint density at radius 2 is 2.25 bits per heavy atom. The van der Waals surface area contributed by atoms with Gasteiger partial charge in [0.15, 0.2) is 15.5 Å². The van der Waals surface area contributed by atoms with Gasteiger partial charge in [-0.25, -0.2) is 18.4 Å². The summed E-state index contributed by atoms with van der Waals surface area (Å²) in [7, 11) is -2.99. The maximum absolute atomic E-state index is 11.7. The second kappa shape index (κ2) is 4.86. The molecule has 1 fully saturated rings. The van der Waals surface area contributed by atoms with Crippen molar-refractivity contribution in [2.45, 2.75) is 24.8 Å². The Balaban J connectivity index is 2.19. The second-order valence-electron chi connectivity index (χ2n) is 5.01. The van der Waals surface area contributed by atoms with Gasteiger partial charge in [0.1, 0.15) is 11.3 Å².